The molecule has 5 heteroatoms. The minimum absolute atomic E-state index is 0. The lowest BCUT2D eigenvalue weighted by Gasteiger charge is -2.15. The van der Waals surface area contributed by atoms with E-state index in [1.165, 1.54) is 0 Å². The first-order valence-electron chi connectivity index (χ1n) is 6.21. The van der Waals surface area contributed by atoms with Crippen LogP contribution in [0.1, 0.15) is 19.4 Å². The summed E-state index contributed by atoms with van der Waals surface area (Å²) in [6.45, 7) is 4.29. The summed E-state index contributed by atoms with van der Waals surface area (Å²) in [5, 5.41) is 2.89. The van der Waals surface area contributed by atoms with Crippen LogP contribution in [0, 0.1) is 5.92 Å². The fraction of sp³-hybridized carbons (Fsp3) is 0.500. The van der Waals surface area contributed by atoms with E-state index in [0.29, 0.717) is 6.54 Å². The van der Waals surface area contributed by atoms with Crippen LogP contribution in [-0.4, -0.2) is 25.6 Å². The van der Waals surface area contributed by atoms with Gasteiger partial charge in [-0.2, -0.15) is 0 Å². The molecule has 0 aliphatic heterocycles. The van der Waals surface area contributed by atoms with E-state index in [2.05, 4.69) is 5.32 Å². The normalized spacial score (nSPS) is 13.1. The maximum absolute atomic E-state index is 11.7. The van der Waals surface area contributed by atoms with Gasteiger partial charge in [-0.25, -0.2) is 0 Å². The van der Waals surface area contributed by atoms with Crippen molar-refractivity contribution in [3.8, 4) is 5.75 Å². The van der Waals surface area contributed by atoms with E-state index in [1.54, 1.807) is 7.11 Å². The van der Waals surface area contributed by atoms with Gasteiger partial charge in [0, 0.05) is 18.5 Å². The molecule has 3 N–H and O–H groups in total. The first-order chi connectivity index (χ1) is 8.54. The number of halogens is 1. The average Bonchev–Trinajstić information content (AvgIpc) is 2.37. The molecular weight excluding hydrogens is 264 g/mol. The number of hydrogen-bond acceptors (Lipinski definition) is 3. The summed E-state index contributed by atoms with van der Waals surface area (Å²) in [6.07, 6.45) is 0.786. The molecule has 19 heavy (non-hydrogen) atoms. The van der Waals surface area contributed by atoms with Crippen LogP contribution in [0.15, 0.2) is 24.3 Å². The van der Waals surface area contributed by atoms with E-state index in [-0.39, 0.29) is 30.3 Å². The summed E-state index contributed by atoms with van der Waals surface area (Å²) >= 11 is 0. The first kappa shape index (κ1) is 17.7. The van der Waals surface area contributed by atoms with Gasteiger partial charge in [0.05, 0.1) is 7.11 Å². The summed E-state index contributed by atoms with van der Waals surface area (Å²) in [5.74, 6) is 0.686. The number of nitrogens with one attached hydrogen (secondary N) is 1. The number of benzene rings is 1. The van der Waals surface area contributed by atoms with Crippen molar-refractivity contribution in [3.05, 3.63) is 29.8 Å². The highest BCUT2D eigenvalue weighted by atomic mass is 35.5. The van der Waals surface area contributed by atoms with Gasteiger partial charge in [-0.05, 0) is 31.0 Å². The smallest absolute Gasteiger partial charge is 0.224 e. The molecule has 1 rings (SSSR count). The maximum Gasteiger partial charge on any atom is 0.224 e. The Morgan fingerprint density at radius 3 is 2.68 bits per heavy atom. The van der Waals surface area contributed by atoms with Gasteiger partial charge < -0.3 is 15.8 Å². The second-order valence-corrected chi connectivity index (χ2v) is 4.54. The predicted molar refractivity (Wildman–Crippen MR) is 79.8 cm³/mol. The number of nitrogens with two attached hydrogens (primary N) is 1. The van der Waals surface area contributed by atoms with Crippen molar-refractivity contribution in [3.63, 3.8) is 0 Å². The van der Waals surface area contributed by atoms with E-state index in [4.69, 9.17) is 10.5 Å². The molecule has 1 amide bonds. The Labute approximate surface area is 121 Å². The van der Waals surface area contributed by atoms with Gasteiger partial charge in [-0.15, -0.1) is 12.4 Å². The molecule has 0 aromatic heterocycles. The van der Waals surface area contributed by atoms with Crippen molar-refractivity contribution in [1.82, 2.24) is 5.32 Å². The second kappa shape index (κ2) is 8.77. The Kier molecular flexibility index (Phi) is 8.19. The highest BCUT2D eigenvalue weighted by molar-refractivity contribution is 5.85. The van der Waals surface area contributed by atoms with Crippen molar-refractivity contribution >= 4 is 18.3 Å². The molecule has 0 aliphatic carbocycles. The van der Waals surface area contributed by atoms with E-state index in [9.17, 15) is 4.79 Å². The van der Waals surface area contributed by atoms with Gasteiger partial charge in [0.15, 0.2) is 0 Å². The number of hydrogen-bond donors (Lipinski definition) is 2. The molecule has 2 unspecified atom stereocenters. The van der Waals surface area contributed by atoms with Crippen LogP contribution < -0.4 is 15.8 Å². The summed E-state index contributed by atoms with van der Waals surface area (Å²) < 4.78 is 5.15. The number of carbonyl (C=O) groups excluding carboxylic acids is 1. The second-order valence-electron chi connectivity index (χ2n) is 4.54. The van der Waals surface area contributed by atoms with Crippen molar-refractivity contribution in [2.45, 2.75) is 26.3 Å². The molecule has 0 bridgehead atoms. The van der Waals surface area contributed by atoms with Crippen molar-refractivity contribution in [2.24, 2.45) is 11.7 Å². The Morgan fingerprint density at radius 1 is 1.42 bits per heavy atom. The Bertz CT molecular complexity index is 397. The van der Waals surface area contributed by atoms with Gasteiger partial charge in [-0.1, -0.05) is 19.1 Å². The lowest BCUT2D eigenvalue weighted by molar-refractivity contribution is -0.124. The third-order valence-electron chi connectivity index (χ3n) is 3.05. The summed E-state index contributed by atoms with van der Waals surface area (Å²) in [4.78, 5) is 11.7. The van der Waals surface area contributed by atoms with Gasteiger partial charge in [0.2, 0.25) is 5.91 Å². The number of ether oxygens (including phenoxy) is 1. The molecule has 0 saturated heterocycles. The number of carbonyl (C=O) groups is 1. The van der Waals surface area contributed by atoms with Gasteiger partial charge in [0.25, 0.3) is 0 Å². The van der Waals surface area contributed by atoms with E-state index in [1.807, 2.05) is 38.1 Å². The lowest BCUT2D eigenvalue weighted by atomic mass is 10.0. The lowest BCUT2D eigenvalue weighted by Crippen LogP contribution is -2.39. The topological polar surface area (TPSA) is 64.3 Å². The number of amides is 1. The zero-order chi connectivity index (χ0) is 13.5. The fourth-order valence-corrected chi connectivity index (χ4v) is 1.56. The summed E-state index contributed by atoms with van der Waals surface area (Å²) in [6, 6.07) is 7.72. The van der Waals surface area contributed by atoms with Gasteiger partial charge in [-0.3, -0.25) is 4.79 Å². The highest BCUT2D eigenvalue weighted by Crippen LogP contribution is 2.12. The first-order valence-corrected chi connectivity index (χ1v) is 6.21. The molecule has 4 nitrogen and oxygen atoms in total. The van der Waals surface area contributed by atoms with Crippen LogP contribution in [0.4, 0.5) is 0 Å². The quantitative estimate of drug-likeness (QED) is 0.837. The molecule has 0 saturated carbocycles. The fourth-order valence-electron chi connectivity index (χ4n) is 1.56. The molecule has 1 aromatic rings. The van der Waals surface area contributed by atoms with Crippen LogP contribution in [0.3, 0.4) is 0 Å². The molecular formula is C14H23ClN2O2. The van der Waals surface area contributed by atoms with E-state index >= 15 is 0 Å². The maximum atomic E-state index is 11.7. The number of rotatable bonds is 6. The van der Waals surface area contributed by atoms with Crippen LogP contribution in [0.5, 0.6) is 5.75 Å². The Morgan fingerprint density at radius 2 is 2.11 bits per heavy atom. The molecule has 1 aromatic carbocycles. The van der Waals surface area contributed by atoms with Gasteiger partial charge in [0.1, 0.15) is 5.75 Å². The zero-order valence-electron chi connectivity index (χ0n) is 11.7. The van der Waals surface area contributed by atoms with Crippen molar-refractivity contribution in [2.75, 3.05) is 13.7 Å². The van der Waals surface area contributed by atoms with E-state index in [0.717, 1.165) is 17.7 Å². The standard InChI is InChI=1S/C14H22N2O2.ClH/c1-10(11(2)15)14(17)16-8-7-12-5-4-6-13(9-12)18-3;/h4-6,9-11H,7-8,15H2,1-3H3,(H,16,17);1H. The highest BCUT2D eigenvalue weighted by Gasteiger charge is 2.15. The minimum atomic E-state index is -0.157. The monoisotopic (exact) mass is 286 g/mol. The molecule has 0 heterocycles. The van der Waals surface area contributed by atoms with Crippen LogP contribution in [-0.2, 0) is 11.2 Å². The Hall–Kier alpha value is -1.26. The summed E-state index contributed by atoms with van der Waals surface area (Å²) in [7, 11) is 1.64. The SMILES string of the molecule is COc1cccc(CCNC(=O)C(C)C(C)N)c1.Cl. The van der Waals surface area contributed by atoms with Crippen molar-refractivity contribution in [1.29, 1.82) is 0 Å². The average molecular weight is 287 g/mol. The van der Waals surface area contributed by atoms with Crippen molar-refractivity contribution < 1.29 is 9.53 Å². The van der Waals surface area contributed by atoms with Crippen LogP contribution in [0.2, 0.25) is 0 Å². The third kappa shape index (κ3) is 5.94. The molecule has 108 valence electrons. The number of methoxy groups -OCH3 is 1. The molecule has 0 fully saturated rings. The molecule has 0 radical (unpaired) electrons. The van der Waals surface area contributed by atoms with E-state index < -0.39 is 0 Å². The van der Waals surface area contributed by atoms with Crippen LogP contribution >= 0.6 is 12.4 Å². The largest absolute Gasteiger partial charge is 0.497 e. The Balaban J connectivity index is 0.00000324. The summed E-state index contributed by atoms with van der Waals surface area (Å²) in [5.41, 5.74) is 6.82. The molecule has 2 atom stereocenters. The molecule has 0 spiro atoms. The molecule has 0 aliphatic rings. The zero-order valence-corrected chi connectivity index (χ0v) is 12.5. The van der Waals surface area contributed by atoms with Gasteiger partial charge >= 0.3 is 0 Å². The third-order valence-corrected chi connectivity index (χ3v) is 3.05. The van der Waals surface area contributed by atoms with Crippen LogP contribution in [0.25, 0.3) is 0 Å². The predicted octanol–water partition coefficient (Wildman–Crippen LogP) is 1.76. The minimum Gasteiger partial charge on any atom is -0.497 e.